The average Bonchev–Trinajstić information content (AvgIpc) is 2.89. The van der Waals surface area contributed by atoms with Gasteiger partial charge in [0.1, 0.15) is 18.3 Å². The lowest BCUT2D eigenvalue weighted by atomic mass is 9.97. The molecule has 0 spiro atoms. The molecule has 0 aromatic carbocycles. The fourth-order valence-corrected chi connectivity index (χ4v) is 2.50. The van der Waals surface area contributed by atoms with Gasteiger partial charge in [0.15, 0.2) is 17.4 Å². The second-order valence-electron chi connectivity index (χ2n) is 5.08. The molecular weight excluding hydrogens is 296 g/mol. The van der Waals surface area contributed by atoms with E-state index in [4.69, 9.17) is 16.2 Å². The molecule has 0 radical (unpaired) electrons. The van der Waals surface area contributed by atoms with Crippen LogP contribution in [0.3, 0.4) is 0 Å². The third kappa shape index (κ3) is 2.15. The minimum atomic E-state index is -1.33. The lowest BCUT2D eigenvalue weighted by molar-refractivity contribution is -0.209. The Bertz CT molecular complexity index is 742. The molecule has 3 heterocycles. The van der Waals surface area contributed by atoms with E-state index in [0.717, 1.165) is 0 Å². The Morgan fingerprint density at radius 1 is 1.41 bits per heavy atom. The zero-order valence-corrected chi connectivity index (χ0v) is 11.3. The van der Waals surface area contributed by atoms with E-state index in [1.165, 1.54) is 10.9 Å². The Balaban J connectivity index is 2.08. The van der Waals surface area contributed by atoms with Crippen LogP contribution in [-0.4, -0.2) is 65.8 Å². The summed E-state index contributed by atoms with van der Waals surface area (Å²) in [6, 6.07) is -1.02. The van der Waals surface area contributed by atoms with Gasteiger partial charge in [-0.25, -0.2) is 4.98 Å². The van der Waals surface area contributed by atoms with Gasteiger partial charge < -0.3 is 31.5 Å². The Morgan fingerprint density at radius 3 is 2.82 bits per heavy atom. The van der Waals surface area contributed by atoms with E-state index < -0.39 is 42.7 Å². The van der Waals surface area contributed by atoms with Crippen molar-refractivity contribution in [2.24, 2.45) is 5.73 Å². The Hall–Kier alpha value is -2.05. The summed E-state index contributed by atoms with van der Waals surface area (Å²) in [4.78, 5) is 22.0. The topological polar surface area (TPSA) is 186 Å². The predicted octanol–water partition coefficient (Wildman–Crippen LogP) is -3.36. The summed E-state index contributed by atoms with van der Waals surface area (Å²) in [5.41, 5.74) is 11.0. The van der Waals surface area contributed by atoms with E-state index >= 15 is 0 Å². The fraction of sp³-hybridized carbons (Fsp3) is 0.545. The number of aliphatic hydroxyl groups excluding tert-OH is 3. The van der Waals surface area contributed by atoms with Gasteiger partial charge in [-0.3, -0.25) is 14.3 Å². The average molecular weight is 312 g/mol. The van der Waals surface area contributed by atoms with Crippen LogP contribution in [0.2, 0.25) is 0 Å². The van der Waals surface area contributed by atoms with Crippen LogP contribution in [0.5, 0.6) is 0 Å². The molecule has 1 unspecified atom stereocenters. The molecule has 2 aromatic rings. The van der Waals surface area contributed by atoms with Crippen LogP contribution < -0.4 is 17.0 Å². The molecule has 22 heavy (non-hydrogen) atoms. The molecule has 0 aliphatic carbocycles. The van der Waals surface area contributed by atoms with Gasteiger partial charge in [0, 0.05) is 0 Å². The van der Waals surface area contributed by atoms with E-state index in [1.54, 1.807) is 0 Å². The van der Waals surface area contributed by atoms with Crippen molar-refractivity contribution in [3.8, 4) is 0 Å². The number of aromatic nitrogens is 4. The number of anilines is 1. The minimum absolute atomic E-state index is 0.0335. The highest BCUT2D eigenvalue weighted by Crippen LogP contribution is 2.28. The lowest BCUT2D eigenvalue weighted by Crippen LogP contribution is -2.59. The maximum absolute atomic E-state index is 11.8. The first-order chi connectivity index (χ1) is 10.4. The number of hydrogen-bond donors (Lipinski definition) is 6. The van der Waals surface area contributed by atoms with Gasteiger partial charge >= 0.3 is 0 Å². The van der Waals surface area contributed by atoms with E-state index in [1.807, 2.05) is 0 Å². The van der Waals surface area contributed by atoms with Gasteiger partial charge in [-0.05, 0) is 0 Å². The number of nitrogens with two attached hydrogens (primary N) is 2. The van der Waals surface area contributed by atoms with Crippen LogP contribution in [-0.2, 0) is 4.74 Å². The molecule has 3 rings (SSSR count). The molecule has 11 heteroatoms. The highest BCUT2D eigenvalue weighted by molar-refractivity contribution is 5.70. The van der Waals surface area contributed by atoms with Crippen LogP contribution in [0.1, 0.15) is 6.23 Å². The second kappa shape index (κ2) is 5.30. The largest absolute Gasteiger partial charge is 0.394 e. The van der Waals surface area contributed by atoms with E-state index in [9.17, 15) is 20.1 Å². The van der Waals surface area contributed by atoms with Crippen LogP contribution in [0, 0.1) is 0 Å². The number of rotatable bonds is 2. The highest BCUT2D eigenvalue weighted by Gasteiger charge is 2.43. The first kappa shape index (κ1) is 14.9. The van der Waals surface area contributed by atoms with Gasteiger partial charge in [-0.15, -0.1) is 0 Å². The second-order valence-corrected chi connectivity index (χ2v) is 5.08. The number of hydrogen-bond acceptors (Lipinski definition) is 9. The van der Waals surface area contributed by atoms with E-state index in [2.05, 4.69) is 15.0 Å². The number of fused-ring (bicyclic) bond motifs is 1. The van der Waals surface area contributed by atoms with Gasteiger partial charge in [-0.2, -0.15) is 4.98 Å². The normalized spacial score (nSPS) is 32.5. The van der Waals surface area contributed by atoms with Gasteiger partial charge in [-0.1, -0.05) is 0 Å². The molecule has 0 saturated carbocycles. The van der Waals surface area contributed by atoms with Gasteiger partial charge in [0.25, 0.3) is 5.56 Å². The number of nitrogen functional groups attached to an aromatic ring is 1. The van der Waals surface area contributed by atoms with Crippen LogP contribution >= 0.6 is 0 Å². The standard InChI is InChI=1S/C11H16N6O5/c12-4-7(20)6(19)3(1-18)22-10(4)17-2-14-5-8(17)15-11(13)16-9(5)21/h2-4,6-7,10,18-20H,1,12H2,(H3,13,15,16,21)/t3-,4-,6-,7-,10?/m1/s1. The molecule has 11 nitrogen and oxygen atoms in total. The Morgan fingerprint density at radius 2 is 2.14 bits per heavy atom. The van der Waals surface area contributed by atoms with Crippen molar-refractivity contribution in [2.45, 2.75) is 30.6 Å². The summed E-state index contributed by atoms with van der Waals surface area (Å²) in [5, 5.41) is 29.0. The third-order valence-electron chi connectivity index (χ3n) is 3.67. The lowest BCUT2D eigenvalue weighted by Gasteiger charge is -2.41. The maximum Gasteiger partial charge on any atom is 0.280 e. The first-order valence-electron chi connectivity index (χ1n) is 6.54. The monoisotopic (exact) mass is 312 g/mol. The van der Waals surface area contributed by atoms with Crippen molar-refractivity contribution in [3.63, 3.8) is 0 Å². The van der Waals surface area contributed by atoms with Crippen molar-refractivity contribution < 1.29 is 20.1 Å². The van der Waals surface area contributed by atoms with Gasteiger partial charge in [0.2, 0.25) is 5.95 Å². The molecule has 2 aromatic heterocycles. The zero-order chi connectivity index (χ0) is 16.0. The van der Waals surface area contributed by atoms with Crippen molar-refractivity contribution in [1.29, 1.82) is 0 Å². The molecular formula is C11H16N6O5. The summed E-state index contributed by atoms with van der Waals surface area (Å²) in [7, 11) is 0. The smallest absolute Gasteiger partial charge is 0.280 e. The highest BCUT2D eigenvalue weighted by atomic mass is 16.5. The number of imidazole rings is 1. The summed E-state index contributed by atoms with van der Waals surface area (Å²) in [5.74, 6) is -0.108. The SMILES string of the molecule is Nc1nc2c(ncn2C2O[C@H](CO)[C@@H](O)[C@H](O)[C@H]2N)c(=O)[nH]1. The van der Waals surface area contributed by atoms with Crippen molar-refractivity contribution in [3.05, 3.63) is 16.7 Å². The molecule has 0 amide bonds. The molecule has 5 atom stereocenters. The van der Waals surface area contributed by atoms with Crippen LogP contribution in [0.4, 0.5) is 5.95 Å². The summed E-state index contributed by atoms with van der Waals surface area (Å²) < 4.78 is 6.84. The third-order valence-corrected chi connectivity index (χ3v) is 3.67. The predicted molar refractivity (Wildman–Crippen MR) is 73.5 cm³/mol. The molecule has 1 aliphatic heterocycles. The number of aromatic amines is 1. The molecule has 1 saturated heterocycles. The molecule has 1 fully saturated rings. The number of ether oxygens (including phenoxy) is 1. The molecule has 1 aliphatic rings. The molecule has 120 valence electrons. The first-order valence-corrected chi connectivity index (χ1v) is 6.54. The van der Waals surface area contributed by atoms with Crippen molar-refractivity contribution in [1.82, 2.24) is 19.5 Å². The Kier molecular flexibility index (Phi) is 3.58. The maximum atomic E-state index is 11.8. The van der Waals surface area contributed by atoms with Gasteiger partial charge in [0.05, 0.1) is 19.0 Å². The molecule has 0 bridgehead atoms. The van der Waals surface area contributed by atoms with E-state index in [0.29, 0.717) is 0 Å². The minimum Gasteiger partial charge on any atom is -0.394 e. The fourth-order valence-electron chi connectivity index (χ4n) is 2.50. The summed E-state index contributed by atoms with van der Waals surface area (Å²) >= 11 is 0. The quantitative estimate of drug-likeness (QED) is 0.329. The van der Waals surface area contributed by atoms with Crippen LogP contribution in [0.15, 0.2) is 11.1 Å². The van der Waals surface area contributed by atoms with Crippen molar-refractivity contribution >= 4 is 17.1 Å². The number of H-pyrrole nitrogens is 1. The summed E-state index contributed by atoms with van der Waals surface area (Å²) in [6.45, 7) is -0.510. The molecule has 8 N–H and O–H groups in total. The van der Waals surface area contributed by atoms with Crippen molar-refractivity contribution in [2.75, 3.05) is 12.3 Å². The number of nitrogens with zero attached hydrogens (tertiary/aromatic N) is 3. The Labute approximate surface area is 123 Å². The number of aliphatic hydroxyl groups is 3. The summed E-state index contributed by atoms with van der Waals surface area (Å²) in [6.07, 6.45) is -3.39. The zero-order valence-electron chi connectivity index (χ0n) is 11.3. The van der Waals surface area contributed by atoms with E-state index in [-0.39, 0.29) is 17.1 Å². The number of nitrogens with one attached hydrogen (secondary N) is 1. The van der Waals surface area contributed by atoms with Crippen LogP contribution in [0.25, 0.3) is 11.2 Å².